The highest BCUT2D eigenvalue weighted by molar-refractivity contribution is 5.54. The second kappa shape index (κ2) is 9.25. The third kappa shape index (κ3) is 5.47. The summed E-state index contributed by atoms with van der Waals surface area (Å²) >= 11 is 0. The van der Waals surface area contributed by atoms with E-state index in [4.69, 9.17) is 0 Å². The highest BCUT2D eigenvalue weighted by Gasteiger charge is 2.23. The quantitative estimate of drug-likeness (QED) is 0.482. The van der Waals surface area contributed by atoms with Crippen LogP contribution in [-0.4, -0.2) is 20.6 Å². The minimum absolute atomic E-state index is 1.03. The molecule has 1 aromatic carbocycles. The van der Waals surface area contributed by atoms with Crippen molar-refractivity contribution in [2.24, 2.45) is 0 Å². The number of aryl methyl sites for hydroxylation is 1. The van der Waals surface area contributed by atoms with Gasteiger partial charge >= 0.3 is 0 Å². The van der Waals surface area contributed by atoms with Gasteiger partial charge in [-0.2, -0.15) is 0 Å². The molecular weight excluding hydrogens is 254 g/mol. The standard InChI is InChI=1S/C20H36N/c1-6-9-13-18-14-12-16-20(19(18)15-10-7-2)21(4,5)17-11-8-3/h12,14,16H,6-11,13,15,17H2,1-5H3/q+1. The van der Waals surface area contributed by atoms with Gasteiger partial charge in [-0.15, -0.1) is 0 Å². The first-order valence-corrected chi connectivity index (χ1v) is 9.01. The SMILES string of the molecule is CCCCc1cccc([N+](C)(C)CCCC)c1CCCC. The van der Waals surface area contributed by atoms with E-state index in [2.05, 4.69) is 53.1 Å². The van der Waals surface area contributed by atoms with E-state index in [1.54, 1.807) is 16.8 Å². The second-order valence-electron chi connectivity index (χ2n) is 6.88. The molecule has 1 heteroatoms. The highest BCUT2D eigenvalue weighted by atomic mass is 15.3. The molecule has 0 aromatic heterocycles. The van der Waals surface area contributed by atoms with Crippen LogP contribution in [-0.2, 0) is 12.8 Å². The molecule has 0 bridgehead atoms. The minimum Gasteiger partial charge on any atom is -0.296 e. The molecule has 0 amide bonds. The summed E-state index contributed by atoms with van der Waals surface area (Å²) in [4.78, 5) is 0. The number of quaternary nitrogens is 1. The van der Waals surface area contributed by atoms with Crippen LogP contribution in [0.4, 0.5) is 5.69 Å². The van der Waals surface area contributed by atoms with Crippen molar-refractivity contribution >= 4 is 5.69 Å². The number of benzene rings is 1. The lowest BCUT2D eigenvalue weighted by molar-refractivity contribution is 0.385. The number of rotatable bonds is 10. The molecule has 0 fully saturated rings. The van der Waals surface area contributed by atoms with Crippen LogP contribution in [0.5, 0.6) is 0 Å². The molecule has 1 nitrogen and oxygen atoms in total. The molecule has 0 saturated carbocycles. The number of hydrogen-bond acceptors (Lipinski definition) is 0. The van der Waals surface area contributed by atoms with Gasteiger partial charge in [-0.3, -0.25) is 4.48 Å². The normalized spacial score (nSPS) is 11.9. The van der Waals surface area contributed by atoms with Crippen molar-refractivity contribution in [3.05, 3.63) is 29.3 Å². The maximum absolute atomic E-state index is 2.38. The van der Waals surface area contributed by atoms with E-state index in [-0.39, 0.29) is 0 Å². The molecule has 0 aliphatic heterocycles. The van der Waals surface area contributed by atoms with Gasteiger partial charge in [-0.1, -0.05) is 52.2 Å². The van der Waals surface area contributed by atoms with Crippen LogP contribution in [0.1, 0.15) is 70.4 Å². The smallest absolute Gasteiger partial charge is 0.135 e. The van der Waals surface area contributed by atoms with Crippen LogP contribution in [0.3, 0.4) is 0 Å². The van der Waals surface area contributed by atoms with Crippen molar-refractivity contribution in [1.82, 2.24) is 4.48 Å². The Kier molecular flexibility index (Phi) is 8.03. The summed E-state index contributed by atoms with van der Waals surface area (Å²) in [6.07, 6.45) is 10.3. The Morgan fingerprint density at radius 2 is 1.43 bits per heavy atom. The molecule has 0 aliphatic rings. The molecule has 0 saturated heterocycles. The molecule has 0 atom stereocenters. The zero-order valence-electron chi connectivity index (χ0n) is 15.0. The Morgan fingerprint density at radius 3 is 2.05 bits per heavy atom. The van der Waals surface area contributed by atoms with E-state index in [9.17, 15) is 0 Å². The largest absolute Gasteiger partial charge is 0.296 e. The number of unbranched alkanes of at least 4 members (excludes halogenated alkanes) is 3. The van der Waals surface area contributed by atoms with Crippen molar-refractivity contribution in [3.8, 4) is 0 Å². The van der Waals surface area contributed by atoms with Gasteiger partial charge in [0.15, 0.2) is 0 Å². The van der Waals surface area contributed by atoms with Gasteiger partial charge in [0.1, 0.15) is 5.69 Å². The Hall–Kier alpha value is -0.820. The zero-order chi connectivity index (χ0) is 15.7. The molecule has 120 valence electrons. The van der Waals surface area contributed by atoms with E-state index in [1.165, 1.54) is 57.9 Å². The van der Waals surface area contributed by atoms with Gasteiger partial charge in [0.05, 0.1) is 20.6 Å². The van der Waals surface area contributed by atoms with Crippen molar-refractivity contribution in [3.63, 3.8) is 0 Å². The van der Waals surface area contributed by atoms with Crippen LogP contribution >= 0.6 is 0 Å². The van der Waals surface area contributed by atoms with E-state index in [1.807, 2.05) is 0 Å². The maximum atomic E-state index is 2.38. The zero-order valence-corrected chi connectivity index (χ0v) is 15.0. The van der Waals surface area contributed by atoms with Crippen LogP contribution in [0, 0.1) is 0 Å². The number of nitrogens with zero attached hydrogens (tertiary/aromatic N) is 1. The summed E-state index contributed by atoms with van der Waals surface area (Å²) in [5.41, 5.74) is 4.81. The Balaban J connectivity index is 3.09. The van der Waals surface area contributed by atoms with Crippen molar-refractivity contribution in [1.29, 1.82) is 0 Å². The third-order valence-corrected chi connectivity index (χ3v) is 4.55. The van der Waals surface area contributed by atoms with Gasteiger partial charge < -0.3 is 0 Å². The van der Waals surface area contributed by atoms with Gasteiger partial charge in [0, 0.05) is 5.56 Å². The van der Waals surface area contributed by atoms with Crippen molar-refractivity contribution < 1.29 is 0 Å². The van der Waals surface area contributed by atoms with Gasteiger partial charge in [-0.05, 0) is 43.7 Å². The average molecular weight is 291 g/mol. The molecular formula is C20H36N+. The van der Waals surface area contributed by atoms with Crippen LogP contribution in [0.2, 0.25) is 0 Å². The van der Waals surface area contributed by atoms with E-state index < -0.39 is 0 Å². The molecule has 1 aromatic rings. The highest BCUT2D eigenvalue weighted by Crippen LogP contribution is 2.30. The first kappa shape index (κ1) is 18.2. The molecule has 0 radical (unpaired) electrons. The second-order valence-corrected chi connectivity index (χ2v) is 6.88. The lowest BCUT2D eigenvalue weighted by Gasteiger charge is -2.32. The first-order chi connectivity index (χ1) is 10.1. The van der Waals surface area contributed by atoms with Crippen molar-refractivity contribution in [2.45, 2.75) is 72.1 Å². The lowest BCUT2D eigenvalue weighted by atomic mass is 9.95. The Bertz CT molecular complexity index is 406. The molecule has 0 N–H and O–H groups in total. The summed E-state index contributed by atoms with van der Waals surface area (Å²) in [5, 5.41) is 0. The molecule has 0 spiro atoms. The summed E-state index contributed by atoms with van der Waals surface area (Å²) in [6.45, 7) is 8.12. The summed E-state index contributed by atoms with van der Waals surface area (Å²) < 4.78 is 1.03. The van der Waals surface area contributed by atoms with Crippen LogP contribution in [0.15, 0.2) is 18.2 Å². The Morgan fingerprint density at radius 1 is 0.810 bits per heavy atom. The van der Waals surface area contributed by atoms with Crippen LogP contribution < -0.4 is 4.48 Å². The van der Waals surface area contributed by atoms with Gasteiger partial charge in [0.2, 0.25) is 0 Å². The van der Waals surface area contributed by atoms with E-state index in [0.29, 0.717) is 0 Å². The fraction of sp³-hybridized carbons (Fsp3) is 0.700. The molecule has 21 heavy (non-hydrogen) atoms. The summed E-state index contributed by atoms with van der Waals surface area (Å²) in [7, 11) is 4.76. The minimum atomic E-state index is 1.03. The molecule has 0 unspecified atom stereocenters. The molecule has 1 rings (SSSR count). The number of hydrogen-bond donors (Lipinski definition) is 0. The fourth-order valence-corrected chi connectivity index (χ4v) is 3.11. The first-order valence-electron chi connectivity index (χ1n) is 9.01. The third-order valence-electron chi connectivity index (χ3n) is 4.55. The summed E-state index contributed by atoms with van der Waals surface area (Å²) in [5.74, 6) is 0. The van der Waals surface area contributed by atoms with E-state index >= 15 is 0 Å². The maximum Gasteiger partial charge on any atom is 0.135 e. The van der Waals surface area contributed by atoms with E-state index in [0.717, 1.165) is 4.48 Å². The average Bonchev–Trinajstić information content (AvgIpc) is 2.49. The topological polar surface area (TPSA) is 0 Å². The van der Waals surface area contributed by atoms with Crippen molar-refractivity contribution in [2.75, 3.05) is 20.6 Å². The molecule has 0 aliphatic carbocycles. The fourth-order valence-electron chi connectivity index (χ4n) is 3.11. The lowest BCUT2D eigenvalue weighted by Crippen LogP contribution is -2.42. The van der Waals surface area contributed by atoms with Gasteiger partial charge in [0.25, 0.3) is 0 Å². The van der Waals surface area contributed by atoms with Crippen LogP contribution in [0.25, 0.3) is 0 Å². The summed E-state index contributed by atoms with van der Waals surface area (Å²) in [6, 6.07) is 7.02. The molecule has 0 heterocycles. The predicted octanol–water partition coefficient (Wildman–Crippen LogP) is 5.74. The Labute approximate surface area is 133 Å². The monoisotopic (exact) mass is 290 g/mol. The predicted molar refractivity (Wildman–Crippen MR) is 97.1 cm³/mol. The van der Waals surface area contributed by atoms with Gasteiger partial charge in [-0.25, -0.2) is 0 Å².